The molecule has 0 aromatic heterocycles. The van der Waals surface area contributed by atoms with Crippen LogP contribution in [0.4, 0.5) is 0 Å². The molecule has 0 spiro atoms. The maximum Gasteiger partial charge on any atom is 0.253 e. The van der Waals surface area contributed by atoms with E-state index in [0.717, 1.165) is 6.42 Å². The van der Waals surface area contributed by atoms with Crippen molar-refractivity contribution in [1.29, 1.82) is 0 Å². The van der Waals surface area contributed by atoms with Gasteiger partial charge in [-0.1, -0.05) is 13.8 Å². The summed E-state index contributed by atoms with van der Waals surface area (Å²) in [5.41, 5.74) is 0. The normalized spacial score (nSPS) is 38.3. The molecule has 0 bridgehead atoms. The highest BCUT2D eigenvalue weighted by Gasteiger charge is 2.43. The summed E-state index contributed by atoms with van der Waals surface area (Å²) in [4.78, 5) is 24.0. The first-order valence-electron chi connectivity index (χ1n) is 4.66. The molecule has 3 atom stereocenters. The SMILES string of the molecule is CC1CC(N2C(=O)C=CC2=O)C1C. The maximum atomic E-state index is 11.3. The van der Waals surface area contributed by atoms with Gasteiger partial charge in [-0.05, 0) is 18.3 Å². The minimum atomic E-state index is -0.145. The van der Waals surface area contributed by atoms with Crippen molar-refractivity contribution in [2.45, 2.75) is 26.3 Å². The second-order valence-electron chi connectivity index (χ2n) is 4.02. The molecule has 13 heavy (non-hydrogen) atoms. The summed E-state index contributed by atoms with van der Waals surface area (Å²) >= 11 is 0. The fourth-order valence-electron chi connectivity index (χ4n) is 2.07. The lowest BCUT2D eigenvalue weighted by atomic mass is 9.71. The molecule has 2 amide bonds. The molecule has 0 saturated heterocycles. The summed E-state index contributed by atoms with van der Waals surface area (Å²) in [5, 5.41) is 0. The van der Waals surface area contributed by atoms with Crippen molar-refractivity contribution in [1.82, 2.24) is 4.90 Å². The summed E-state index contributed by atoms with van der Waals surface area (Å²) < 4.78 is 0. The Labute approximate surface area is 77.4 Å². The van der Waals surface area contributed by atoms with E-state index in [1.807, 2.05) is 0 Å². The minimum Gasteiger partial charge on any atom is -0.272 e. The lowest BCUT2D eigenvalue weighted by Crippen LogP contribution is -2.52. The van der Waals surface area contributed by atoms with Crippen LogP contribution in [0.15, 0.2) is 12.2 Å². The number of amides is 2. The van der Waals surface area contributed by atoms with Crippen LogP contribution in [0.3, 0.4) is 0 Å². The molecule has 0 N–H and O–H groups in total. The Morgan fingerprint density at radius 2 is 1.77 bits per heavy atom. The second kappa shape index (κ2) is 2.69. The highest BCUT2D eigenvalue weighted by atomic mass is 16.2. The smallest absolute Gasteiger partial charge is 0.253 e. The number of nitrogens with zero attached hydrogens (tertiary/aromatic N) is 1. The molecule has 2 rings (SSSR count). The Bertz CT molecular complexity index is 277. The standard InChI is InChI=1S/C10H13NO2/c1-6-5-8(7(6)2)11-9(12)3-4-10(11)13/h3-4,6-8H,5H2,1-2H3. The summed E-state index contributed by atoms with van der Waals surface area (Å²) in [6.45, 7) is 4.25. The average Bonchev–Trinajstić information content (AvgIpc) is 2.42. The fraction of sp³-hybridized carbons (Fsp3) is 0.600. The molecule has 3 unspecified atom stereocenters. The van der Waals surface area contributed by atoms with Crippen LogP contribution >= 0.6 is 0 Å². The first-order chi connectivity index (χ1) is 6.11. The number of imide groups is 1. The Morgan fingerprint density at radius 3 is 2.15 bits per heavy atom. The molecule has 2 aliphatic rings. The zero-order valence-electron chi connectivity index (χ0n) is 7.86. The highest BCUT2D eigenvalue weighted by Crippen LogP contribution is 2.38. The molecule has 70 valence electrons. The zero-order chi connectivity index (χ0) is 9.59. The summed E-state index contributed by atoms with van der Waals surface area (Å²) in [7, 11) is 0. The Hall–Kier alpha value is -1.12. The maximum absolute atomic E-state index is 11.3. The predicted molar refractivity (Wildman–Crippen MR) is 47.7 cm³/mol. The van der Waals surface area contributed by atoms with Crippen molar-refractivity contribution < 1.29 is 9.59 Å². The van der Waals surface area contributed by atoms with Gasteiger partial charge in [-0.3, -0.25) is 14.5 Å². The van der Waals surface area contributed by atoms with Gasteiger partial charge in [-0.15, -0.1) is 0 Å². The molecule has 1 aliphatic heterocycles. The van der Waals surface area contributed by atoms with E-state index in [9.17, 15) is 9.59 Å². The van der Waals surface area contributed by atoms with Gasteiger partial charge in [-0.25, -0.2) is 0 Å². The van der Waals surface area contributed by atoms with Gasteiger partial charge in [0, 0.05) is 18.2 Å². The van der Waals surface area contributed by atoms with Crippen LogP contribution < -0.4 is 0 Å². The van der Waals surface area contributed by atoms with Gasteiger partial charge in [0.05, 0.1) is 0 Å². The number of carbonyl (C=O) groups is 2. The third-order valence-corrected chi connectivity index (χ3v) is 3.29. The van der Waals surface area contributed by atoms with Crippen molar-refractivity contribution in [3.8, 4) is 0 Å². The van der Waals surface area contributed by atoms with Crippen LogP contribution in [-0.4, -0.2) is 22.8 Å². The van der Waals surface area contributed by atoms with E-state index < -0.39 is 0 Å². The van der Waals surface area contributed by atoms with E-state index >= 15 is 0 Å². The average molecular weight is 179 g/mol. The topological polar surface area (TPSA) is 37.4 Å². The summed E-state index contributed by atoms with van der Waals surface area (Å²) in [5.74, 6) is 0.793. The van der Waals surface area contributed by atoms with Crippen LogP contribution in [0.2, 0.25) is 0 Å². The lowest BCUT2D eigenvalue weighted by Gasteiger charge is -2.44. The van der Waals surface area contributed by atoms with Crippen molar-refractivity contribution in [2.24, 2.45) is 11.8 Å². The third kappa shape index (κ3) is 1.10. The van der Waals surface area contributed by atoms with Gasteiger partial charge in [0.25, 0.3) is 11.8 Å². The number of hydrogen-bond acceptors (Lipinski definition) is 2. The van der Waals surface area contributed by atoms with Gasteiger partial charge < -0.3 is 0 Å². The predicted octanol–water partition coefficient (Wildman–Crippen LogP) is 0.956. The quantitative estimate of drug-likeness (QED) is 0.562. The van der Waals surface area contributed by atoms with Crippen molar-refractivity contribution in [2.75, 3.05) is 0 Å². The van der Waals surface area contributed by atoms with Gasteiger partial charge >= 0.3 is 0 Å². The molecule has 1 heterocycles. The Kier molecular flexibility index (Phi) is 1.75. The third-order valence-electron chi connectivity index (χ3n) is 3.29. The highest BCUT2D eigenvalue weighted by molar-refractivity contribution is 6.13. The number of rotatable bonds is 1. The van der Waals surface area contributed by atoms with Crippen molar-refractivity contribution >= 4 is 11.8 Å². The molecule has 0 aromatic carbocycles. The number of carbonyl (C=O) groups excluding carboxylic acids is 2. The van der Waals surface area contributed by atoms with Crippen LogP contribution in [-0.2, 0) is 9.59 Å². The van der Waals surface area contributed by atoms with Crippen LogP contribution in [0.25, 0.3) is 0 Å². The van der Waals surface area contributed by atoms with Crippen molar-refractivity contribution in [3.63, 3.8) is 0 Å². The molecular formula is C10H13NO2. The molecule has 1 saturated carbocycles. The van der Waals surface area contributed by atoms with Gasteiger partial charge in [-0.2, -0.15) is 0 Å². The first kappa shape index (κ1) is 8.48. The van der Waals surface area contributed by atoms with E-state index in [0.29, 0.717) is 11.8 Å². The van der Waals surface area contributed by atoms with E-state index in [4.69, 9.17) is 0 Å². The van der Waals surface area contributed by atoms with Crippen LogP contribution in [0, 0.1) is 11.8 Å². The first-order valence-corrected chi connectivity index (χ1v) is 4.66. The molecule has 1 fully saturated rings. The zero-order valence-corrected chi connectivity index (χ0v) is 7.86. The molecule has 1 aliphatic carbocycles. The second-order valence-corrected chi connectivity index (χ2v) is 4.02. The van der Waals surface area contributed by atoms with E-state index in [-0.39, 0.29) is 17.9 Å². The van der Waals surface area contributed by atoms with Gasteiger partial charge in [0.1, 0.15) is 0 Å². The van der Waals surface area contributed by atoms with E-state index in [1.165, 1.54) is 17.1 Å². The minimum absolute atomic E-state index is 0.144. The summed E-state index contributed by atoms with van der Waals surface area (Å²) in [6.07, 6.45) is 3.68. The van der Waals surface area contributed by atoms with Crippen molar-refractivity contribution in [3.05, 3.63) is 12.2 Å². The van der Waals surface area contributed by atoms with E-state index in [1.54, 1.807) is 0 Å². The fourth-order valence-corrected chi connectivity index (χ4v) is 2.07. The monoisotopic (exact) mass is 179 g/mol. The Morgan fingerprint density at radius 1 is 1.23 bits per heavy atom. The number of hydrogen-bond donors (Lipinski definition) is 0. The Balaban J connectivity index is 2.11. The lowest BCUT2D eigenvalue weighted by molar-refractivity contribution is -0.145. The van der Waals surface area contributed by atoms with Crippen LogP contribution in [0.5, 0.6) is 0 Å². The molecule has 0 aromatic rings. The molecular weight excluding hydrogens is 166 g/mol. The molecule has 3 heteroatoms. The van der Waals surface area contributed by atoms with Gasteiger partial charge in [0.2, 0.25) is 0 Å². The molecule has 0 radical (unpaired) electrons. The summed E-state index contributed by atoms with van der Waals surface area (Å²) in [6, 6.07) is 0.144. The largest absolute Gasteiger partial charge is 0.272 e. The van der Waals surface area contributed by atoms with Crippen LogP contribution in [0.1, 0.15) is 20.3 Å². The van der Waals surface area contributed by atoms with E-state index in [2.05, 4.69) is 13.8 Å². The molecule has 3 nitrogen and oxygen atoms in total. The van der Waals surface area contributed by atoms with Gasteiger partial charge in [0.15, 0.2) is 0 Å².